The Balaban J connectivity index is 0. The number of halogens is 1. The number of rotatable bonds is 28. The Morgan fingerprint density at radius 2 is 0.944 bits per heavy atom. The predicted molar refractivity (Wildman–Crippen MR) is 286 cm³/mol. The highest BCUT2D eigenvalue weighted by atomic mass is 35.5. The van der Waals surface area contributed by atoms with Crippen LogP contribution in [-0.2, 0) is 57.2 Å². The van der Waals surface area contributed by atoms with E-state index in [1.807, 2.05) is 81.2 Å². The maximum atomic E-state index is 13.6. The summed E-state index contributed by atoms with van der Waals surface area (Å²) in [7, 11) is 9.97. The summed E-state index contributed by atoms with van der Waals surface area (Å²) in [5.74, 6) is -0.771. The van der Waals surface area contributed by atoms with Crippen molar-refractivity contribution in [2.75, 3.05) is 62.3 Å². The molecule has 0 aromatic heterocycles. The first kappa shape index (κ1) is 71.0. The molecule has 0 radical (unpaired) electrons. The van der Waals surface area contributed by atoms with Gasteiger partial charge in [0.15, 0.2) is 0 Å². The topological polar surface area (TPSA) is 188 Å². The van der Waals surface area contributed by atoms with Crippen LogP contribution >= 0.6 is 12.4 Å². The van der Waals surface area contributed by atoms with Gasteiger partial charge in [-0.3, -0.25) is 28.8 Å². The van der Waals surface area contributed by atoms with Gasteiger partial charge < -0.3 is 48.2 Å². The molecule has 1 saturated heterocycles. The minimum Gasteiger partial charge on any atom is -0.481 e. The molecule has 0 spiro atoms. The Morgan fingerprint density at radius 3 is 1.28 bits per heavy atom. The van der Waals surface area contributed by atoms with E-state index in [9.17, 15) is 28.8 Å². The third-order valence-electron chi connectivity index (χ3n) is 15.7. The first-order valence-corrected chi connectivity index (χ1v) is 26.8. The number of likely N-dealkylation sites (N-methyl/N-ethyl adjacent to an activating group) is 2. The number of hydrogen-bond donors (Lipinski definition) is 1. The van der Waals surface area contributed by atoms with Gasteiger partial charge >= 0.3 is 17.9 Å². The maximum Gasteiger partial charge on any atom is 0.311 e. The van der Waals surface area contributed by atoms with Crippen LogP contribution in [0.4, 0.5) is 0 Å². The minimum atomic E-state index is -0.909. The van der Waals surface area contributed by atoms with Crippen LogP contribution in [0, 0.1) is 53.3 Å². The lowest BCUT2D eigenvalue weighted by Crippen LogP contribution is -2.53. The molecule has 1 saturated carbocycles. The lowest BCUT2D eigenvalue weighted by Gasteiger charge is -2.40. The number of amides is 3. The van der Waals surface area contributed by atoms with Gasteiger partial charge in [-0.2, -0.15) is 0 Å². The molecule has 1 aliphatic heterocycles. The van der Waals surface area contributed by atoms with E-state index in [4.69, 9.17) is 33.5 Å². The van der Waals surface area contributed by atoms with Crippen LogP contribution in [-0.4, -0.2) is 160 Å². The van der Waals surface area contributed by atoms with E-state index in [2.05, 4.69) is 13.8 Å². The summed E-state index contributed by atoms with van der Waals surface area (Å²) in [5, 5.41) is 9.05. The van der Waals surface area contributed by atoms with Gasteiger partial charge in [0.05, 0.1) is 80.4 Å². The molecular weight excluding hydrogens is 946 g/mol. The van der Waals surface area contributed by atoms with Crippen LogP contribution in [0.3, 0.4) is 0 Å². The van der Waals surface area contributed by atoms with Gasteiger partial charge in [0, 0.05) is 60.9 Å². The first-order chi connectivity index (χ1) is 33.3. The Hall–Kier alpha value is -3.05. The zero-order valence-electron chi connectivity index (χ0n) is 48.5. The molecule has 72 heavy (non-hydrogen) atoms. The monoisotopic (exact) mass is 1050 g/mol. The van der Waals surface area contributed by atoms with E-state index in [0.717, 1.165) is 25.7 Å². The molecule has 13 atom stereocenters. The fourth-order valence-electron chi connectivity index (χ4n) is 10.2. The number of methoxy groups -OCH3 is 4. The molecule has 2 aliphatic rings. The number of nitrogens with zero attached hydrogens (tertiary/aromatic N) is 3. The maximum absolute atomic E-state index is 13.6. The number of carbonyl (C=O) groups is 6. The molecule has 2 fully saturated rings. The Morgan fingerprint density at radius 1 is 0.556 bits per heavy atom. The number of aliphatic carboxylic acids is 1. The highest BCUT2D eigenvalue weighted by molar-refractivity contribution is 5.85. The molecule has 1 aliphatic carbocycles. The van der Waals surface area contributed by atoms with E-state index >= 15 is 0 Å². The molecule has 1 N–H and O–H groups in total. The van der Waals surface area contributed by atoms with E-state index in [1.165, 1.54) is 32.8 Å². The largest absolute Gasteiger partial charge is 0.481 e. The summed E-state index contributed by atoms with van der Waals surface area (Å²) >= 11 is 0. The van der Waals surface area contributed by atoms with Crippen molar-refractivity contribution >= 4 is 48.0 Å². The molecule has 2 rings (SSSR count). The normalized spacial score (nSPS) is 19.8. The number of carbonyl (C=O) groups excluding carboxylic acids is 5. The highest BCUT2D eigenvalue weighted by Crippen LogP contribution is 2.33. The van der Waals surface area contributed by atoms with E-state index in [-0.39, 0.29) is 121 Å². The van der Waals surface area contributed by atoms with Crippen molar-refractivity contribution < 1.29 is 62.3 Å². The number of carboxylic acids is 1. The second-order valence-corrected chi connectivity index (χ2v) is 20.9. The Bertz CT molecular complexity index is 1560. The minimum absolute atomic E-state index is 0. The van der Waals surface area contributed by atoms with E-state index < -0.39 is 30.2 Å². The van der Waals surface area contributed by atoms with Gasteiger partial charge in [0.1, 0.15) is 0 Å². The molecule has 0 aromatic carbocycles. The van der Waals surface area contributed by atoms with Crippen LogP contribution in [0.2, 0.25) is 0 Å². The van der Waals surface area contributed by atoms with Crippen LogP contribution < -0.4 is 0 Å². The van der Waals surface area contributed by atoms with Crippen molar-refractivity contribution in [1.82, 2.24) is 14.7 Å². The number of hydrogen-bond acceptors (Lipinski definition) is 12. The molecule has 0 bridgehead atoms. The van der Waals surface area contributed by atoms with Crippen molar-refractivity contribution in [2.24, 2.45) is 53.3 Å². The number of carboxylic acid groups (broad SMARTS) is 1. The van der Waals surface area contributed by atoms with Gasteiger partial charge in [-0.25, -0.2) is 0 Å². The third-order valence-corrected chi connectivity index (χ3v) is 15.7. The Kier molecular flexibility index (Phi) is 36.3. The summed E-state index contributed by atoms with van der Waals surface area (Å²) < 4.78 is 32.7. The zero-order valence-corrected chi connectivity index (χ0v) is 49.3. The summed E-state index contributed by atoms with van der Waals surface area (Å²) in [4.78, 5) is 79.7. The molecular formula is C55H104ClN3O13. The third kappa shape index (κ3) is 21.7. The van der Waals surface area contributed by atoms with Crippen LogP contribution in [0.25, 0.3) is 0 Å². The van der Waals surface area contributed by atoms with Crippen molar-refractivity contribution in [2.45, 2.75) is 204 Å². The summed E-state index contributed by atoms with van der Waals surface area (Å²) in [5.41, 5.74) is 0. The smallest absolute Gasteiger partial charge is 0.311 e. The average molecular weight is 1050 g/mol. The van der Waals surface area contributed by atoms with Crippen LogP contribution in [0.1, 0.15) is 161 Å². The van der Waals surface area contributed by atoms with Crippen molar-refractivity contribution in [3.63, 3.8) is 0 Å². The van der Waals surface area contributed by atoms with Gasteiger partial charge in [0.25, 0.3) is 0 Å². The van der Waals surface area contributed by atoms with Crippen LogP contribution in [0.15, 0.2) is 0 Å². The van der Waals surface area contributed by atoms with Crippen LogP contribution in [0.5, 0.6) is 0 Å². The number of esters is 2. The fourth-order valence-corrected chi connectivity index (χ4v) is 10.2. The average Bonchev–Trinajstić information content (AvgIpc) is 4.07. The van der Waals surface area contributed by atoms with E-state index in [0.29, 0.717) is 25.7 Å². The predicted octanol–water partition coefficient (Wildman–Crippen LogP) is 9.22. The molecule has 17 heteroatoms. The number of ether oxygens (including phenoxy) is 6. The van der Waals surface area contributed by atoms with Gasteiger partial charge in [0.2, 0.25) is 17.7 Å². The number of likely N-dealkylation sites (tertiary alicyclic amines) is 1. The van der Waals surface area contributed by atoms with Gasteiger partial charge in [-0.05, 0) is 83.0 Å². The van der Waals surface area contributed by atoms with Crippen molar-refractivity contribution in [1.29, 1.82) is 0 Å². The molecule has 0 unspecified atom stereocenters. The molecule has 424 valence electrons. The second kappa shape index (κ2) is 36.8. The zero-order chi connectivity index (χ0) is 54.9. The first-order valence-electron chi connectivity index (χ1n) is 26.8. The lowest BCUT2D eigenvalue weighted by molar-refractivity contribution is -0.156. The molecule has 0 aromatic rings. The molecule has 1 heterocycles. The standard InChI is InChI=1S/C27H50N2O6.C16H31NO4.C12H22O3.ClH/c1-11-18(5)24(28(8)26(31)19(6)17(3)4)22(33-9)16-23(30)29-15-13-14-21(29)25(34-10)20(7)27(32)35-12-2;1-8-11(4)15(13(21-7)9-14(18)19)17(6)16(20)12(5)10(2)3;1-4-15-12(13)9(2)11(14-3)10-7-5-6-8-10;/h17-22,24-25H,11-16H2,1-10H3;10-13,15H,8-9H2,1-7H3,(H,18,19);9-11H,4-8H2,1-3H3;1H/t18-,19-,20+,21-,22+,24-,25+;11-,12-,13+,15-;9-,11-;/m001./s1. The van der Waals surface area contributed by atoms with E-state index in [1.54, 1.807) is 52.0 Å². The fraction of sp³-hybridized carbons (Fsp3) is 0.891. The SMILES string of the molecule is CCOC(=O)[C@H](C)[C@@H](OC)C1CCCC1.CCOC(=O)[C@H](C)[C@@H](OC)[C@@H]1CCCN1C(=O)C[C@@H](OC)[C@H]([C@@H](C)CC)N(C)C(=O)[C@@H](C)C(C)C.CC[C@H](C)[C@@H]([C@@H](CC(=O)O)OC)N(C)C(=O)[C@@H](C)C(C)C.Cl. The van der Waals surface area contributed by atoms with Gasteiger partial charge in [-0.15, -0.1) is 12.4 Å². The summed E-state index contributed by atoms with van der Waals surface area (Å²) in [6, 6.07) is -0.656. The van der Waals surface area contributed by atoms with Crippen molar-refractivity contribution in [3.8, 4) is 0 Å². The highest BCUT2D eigenvalue weighted by Gasteiger charge is 2.43. The Labute approximate surface area is 442 Å². The summed E-state index contributed by atoms with van der Waals surface area (Å²) in [6.45, 7) is 28.9. The van der Waals surface area contributed by atoms with Gasteiger partial charge in [-0.1, -0.05) is 94.9 Å². The lowest BCUT2D eigenvalue weighted by atomic mass is 9.88. The van der Waals surface area contributed by atoms with Crippen molar-refractivity contribution in [3.05, 3.63) is 0 Å². The molecule has 3 amide bonds. The summed E-state index contributed by atoms with van der Waals surface area (Å²) in [6.07, 6.45) is 6.96. The quantitative estimate of drug-likeness (QED) is 0.0732. The molecule has 16 nitrogen and oxygen atoms in total. The second-order valence-electron chi connectivity index (χ2n) is 20.9.